The van der Waals surface area contributed by atoms with Crippen molar-refractivity contribution in [3.05, 3.63) is 0 Å². The zero-order chi connectivity index (χ0) is 10.6. The van der Waals surface area contributed by atoms with E-state index < -0.39 is 9.84 Å². The smallest absolute Gasteiger partial charge is 0.216 e. The molecule has 0 aliphatic carbocycles. The maximum atomic E-state index is 11.1. The Labute approximate surface area is 84.4 Å². The number of sulfone groups is 1. The molecule has 1 heterocycles. The fourth-order valence-corrected chi connectivity index (χ4v) is 2.64. The van der Waals surface area contributed by atoms with E-state index in [0.717, 1.165) is 6.54 Å². The molecule has 0 atom stereocenters. The number of hydrogen-bond donors (Lipinski definition) is 1. The van der Waals surface area contributed by atoms with Gasteiger partial charge in [-0.15, -0.1) is 0 Å². The van der Waals surface area contributed by atoms with Crippen molar-refractivity contribution in [2.75, 3.05) is 37.7 Å². The fourth-order valence-electron chi connectivity index (χ4n) is 1.36. The monoisotopic (exact) mass is 220 g/mol. The van der Waals surface area contributed by atoms with Crippen molar-refractivity contribution < 1.29 is 13.2 Å². The summed E-state index contributed by atoms with van der Waals surface area (Å²) < 4.78 is 22.2. The minimum atomic E-state index is -2.79. The number of nitrogens with zero attached hydrogens (tertiary/aromatic N) is 1. The molecule has 1 aliphatic heterocycles. The molecule has 1 fully saturated rings. The van der Waals surface area contributed by atoms with E-state index in [2.05, 4.69) is 10.2 Å². The first-order valence-corrected chi connectivity index (χ1v) is 6.49. The van der Waals surface area contributed by atoms with Crippen LogP contribution in [0.15, 0.2) is 0 Å². The molecule has 0 radical (unpaired) electrons. The zero-order valence-electron chi connectivity index (χ0n) is 8.32. The first-order valence-electron chi connectivity index (χ1n) is 4.67. The van der Waals surface area contributed by atoms with Crippen molar-refractivity contribution in [2.24, 2.45) is 0 Å². The fraction of sp³-hybridized carbons (Fsp3) is 0.875. The number of rotatable bonds is 3. The molecule has 1 saturated heterocycles. The molecule has 0 aromatic rings. The molecule has 14 heavy (non-hydrogen) atoms. The predicted octanol–water partition coefficient (Wildman–Crippen LogP) is -1.15. The van der Waals surface area contributed by atoms with E-state index >= 15 is 0 Å². The van der Waals surface area contributed by atoms with Crippen molar-refractivity contribution in [1.82, 2.24) is 10.2 Å². The molecule has 0 aromatic carbocycles. The number of amides is 1. The topological polar surface area (TPSA) is 66.5 Å². The van der Waals surface area contributed by atoms with E-state index in [1.807, 2.05) is 0 Å². The molecule has 0 bridgehead atoms. The first-order chi connectivity index (χ1) is 6.49. The Balaban J connectivity index is 2.19. The lowest BCUT2D eigenvalue weighted by Gasteiger charge is -2.26. The van der Waals surface area contributed by atoms with E-state index in [-0.39, 0.29) is 17.4 Å². The maximum Gasteiger partial charge on any atom is 0.216 e. The largest absolute Gasteiger partial charge is 0.355 e. The molecule has 0 aromatic heterocycles. The van der Waals surface area contributed by atoms with Crippen LogP contribution in [-0.2, 0) is 14.6 Å². The van der Waals surface area contributed by atoms with Crippen molar-refractivity contribution in [1.29, 1.82) is 0 Å². The standard InChI is InChI=1S/C8H16N2O3S/c1-8(11)9-2-3-10-4-6-14(12,13)7-5-10/h2-7H2,1H3,(H,9,11). The van der Waals surface area contributed by atoms with Crippen LogP contribution in [-0.4, -0.2) is 56.9 Å². The summed E-state index contributed by atoms with van der Waals surface area (Å²) in [6, 6.07) is 0. The number of hydrogen-bond acceptors (Lipinski definition) is 4. The average molecular weight is 220 g/mol. The van der Waals surface area contributed by atoms with Crippen molar-refractivity contribution in [3.8, 4) is 0 Å². The Morgan fingerprint density at radius 1 is 1.36 bits per heavy atom. The molecule has 1 amide bonds. The van der Waals surface area contributed by atoms with Gasteiger partial charge in [0, 0.05) is 33.1 Å². The first kappa shape index (κ1) is 11.5. The third-order valence-electron chi connectivity index (χ3n) is 2.24. The molecule has 0 saturated carbocycles. The van der Waals surface area contributed by atoms with Gasteiger partial charge in [-0.2, -0.15) is 0 Å². The van der Waals surface area contributed by atoms with E-state index in [0.29, 0.717) is 19.6 Å². The Hall–Kier alpha value is -0.620. The van der Waals surface area contributed by atoms with E-state index in [1.54, 1.807) is 0 Å². The third-order valence-corrected chi connectivity index (χ3v) is 3.85. The molecule has 1 N–H and O–H groups in total. The summed E-state index contributed by atoms with van der Waals surface area (Å²) in [5.74, 6) is 0.440. The summed E-state index contributed by atoms with van der Waals surface area (Å²) >= 11 is 0. The van der Waals surface area contributed by atoms with Crippen LogP contribution in [0.5, 0.6) is 0 Å². The van der Waals surface area contributed by atoms with Gasteiger partial charge in [-0.3, -0.25) is 9.69 Å². The summed E-state index contributed by atoms with van der Waals surface area (Å²) in [5.41, 5.74) is 0. The van der Waals surface area contributed by atoms with Crippen LogP contribution in [0, 0.1) is 0 Å². The Kier molecular flexibility index (Phi) is 3.88. The number of carbonyl (C=O) groups excluding carboxylic acids is 1. The summed E-state index contributed by atoms with van der Waals surface area (Å²) in [7, 11) is -2.79. The van der Waals surface area contributed by atoms with Crippen LogP contribution in [0.1, 0.15) is 6.92 Å². The Morgan fingerprint density at radius 3 is 2.43 bits per heavy atom. The van der Waals surface area contributed by atoms with Gasteiger partial charge in [0.15, 0.2) is 9.84 Å². The lowest BCUT2D eigenvalue weighted by molar-refractivity contribution is -0.119. The molecule has 0 unspecified atom stereocenters. The summed E-state index contributed by atoms with van der Waals surface area (Å²) in [4.78, 5) is 12.6. The van der Waals surface area contributed by atoms with Crippen LogP contribution < -0.4 is 5.32 Å². The van der Waals surface area contributed by atoms with Crippen molar-refractivity contribution in [2.45, 2.75) is 6.92 Å². The summed E-state index contributed by atoms with van der Waals surface area (Å²) in [6.07, 6.45) is 0. The SMILES string of the molecule is CC(=O)NCCN1CCS(=O)(=O)CC1. The summed E-state index contributed by atoms with van der Waals surface area (Å²) in [5, 5.41) is 2.68. The van der Waals surface area contributed by atoms with Gasteiger partial charge in [-0.25, -0.2) is 8.42 Å². The van der Waals surface area contributed by atoms with Gasteiger partial charge in [0.1, 0.15) is 0 Å². The minimum absolute atomic E-state index is 0.0466. The Bertz CT molecular complexity index is 286. The van der Waals surface area contributed by atoms with E-state index in [1.165, 1.54) is 6.92 Å². The van der Waals surface area contributed by atoms with Gasteiger partial charge in [-0.05, 0) is 0 Å². The normalized spacial score (nSPS) is 21.8. The van der Waals surface area contributed by atoms with Crippen LogP contribution in [0.2, 0.25) is 0 Å². The number of carbonyl (C=O) groups is 1. The second-order valence-corrected chi connectivity index (χ2v) is 5.78. The van der Waals surface area contributed by atoms with Gasteiger partial charge < -0.3 is 5.32 Å². The van der Waals surface area contributed by atoms with Crippen LogP contribution in [0.4, 0.5) is 0 Å². The summed E-state index contributed by atoms with van der Waals surface area (Å²) in [6.45, 7) is 3.97. The van der Waals surface area contributed by atoms with Crippen molar-refractivity contribution in [3.63, 3.8) is 0 Å². The number of nitrogens with one attached hydrogen (secondary N) is 1. The van der Waals surface area contributed by atoms with E-state index in [4.69, 9.17) is 0 Å². The molecule has 5 nitrogen and oxygen atoms in total. The highest BCUT2D eigenvalue weighted by Gasteiger charge is 2.20. The predicted molar refractivity (Wildman–Crippen MR) is 53.8 cm³/mol. The molecule has 82 valence electrons. The van der Waals surface area contributed by atoms with Crippen LogP contribution in [0.3, 0.4) is 0 Å². The van der Waals surface area contributed by atoms with Gasteiger partial charge in [0.25, 0.3) is 0 Å². The highest BCUT2D eigenvalue weighted by atomic mass is 32.2. The molecule has 1 aliphatic rings. The molecular formula is C8H16N2O3S. The second-order valence-electron chi connectivity index (χ2n) is 3.48. The van der Waals surface area contributed by atoms with Crippen molar-refractivity contribution >= 4 is 15.7 Å². The minimum Gasteiger partial charge on any atom is -0.355 e. The van der Waals surface area contributed by atoms with E-state index in [9.17, 15) is 13.2 Å². The highest BCUT2D eigenvalue weighted by molar-refractivity contribution is 7.91. The lowest BCUT2D eigenvalue weighted by Crippen LogP contribution is -2.43. The Morgan fingerprint density at radius 2 is 1.93 bits per heavy atom. The molecular weight excluding hydrogens is 204 g/mol. The maximum absolute atomic E-state index is 11.1. The van der Waals surface area contributed by atoms with Gasteiger partial charge in [0.2, 0.25) is 5.91 Å². The lowest BCUT2D eigenvalue weighted by atomic mass is 10.4. The highest BCUT2D eigenvalue weighted by Crippen LogP contribution is 2.02. The molecule has 1 rings (SSSR count). The second kappa shape index (κ2) is 4.75. The van der Waals surface area contributed by atoms with Gasteiger partial charge >= 0.3 is 0 Å². The third kappa shape index (κ3) is 4.06. The quantitative estimate of drug-likeness (QED) is 0.652. The van der Waals surface area contributed by atoms with Gasteiger partial charge in [0.05, 0.1) is 11.5 Å². The van der Waals surface area contributed by atoms with Crippen LogP contribution in [0.25, 0.3) is 0 Å². The van der Waals surface area contributed by atoms with Gasteiger partial charge in [-0.1, -0.05) is 0 Å². The van der Waals surface area contributed by atoms with Crippen LogP contribution >= 0.6 is 0 Å². The zero-order valence-corrected chi connectivity index (χ0v) is 9.14. The molecule has 6 heteroatoms. The average Bonchev–Trinajstić information content (AvgIpc) is 2.07. The molecule has 0 spiro atoms.